The number of ether oxygens (including phenoxy) is 1. The van der Waals surface area contributed by atoms with E-state index in [1.54, 1.807) is 6.21 Å². The van der Waals surface area contributed by atoms with E-state index in [0.29, 0.717) is 12.4 Å². The fraction of sp³-hybridized carbons (Fsp3) is 0.292. The summed E-state index contributed by atoms with van der Waals surface area (Å²) >= 11 is 3.42. The maximum atomic E-state index is 12.8. The summed E-state index contributed by atoms with van der Waals surface area (Å²) in [7, 11) is 0. The van der Waals surface area contributed by atoms with Crippen molar-refractivity contribution in [2.75, 3.05) is 0 Å². The Kier molecular flexibility index (Phi) is 5.03. The highest BCUT2D eigenvalue weighted by Gasteiger charge is 2.56. The van der Waals surface area contributed by atoms with Gasteiger partial charge in [-0.05, 0) is 60.1 Å². The van der Waals surface area contributed by atoms with Crippen LogP contribution >= 0.6 is 15.9 Å². The van der Waals surface area contributed by atoms with Gasteiger partial charge in [-0.2, -0.15) is 10.1 Å². The fourth-order valence-corrected chi connectivity index (χ4v) is 4.99. The van der Waals surface area contributed by atoms with Gasteiger partial charge in [0, 0.05) is 4.47 Å². The first kappa shape index (κ1) is 19.2. The summed E-state index contributed by atoms with van der Waals surface area (Å²) in [6.45, 7) is 0.454. The molecule has 2 bridgehead atoms. The predicted molar refractivity (Wildman–Crippen MR) is 117 cm³/mol. The van der Waals surface area contributed by atoms with Crippen molar-refractivity contribution < 1.29 is 14.3 Å². The van der Waals surface area contributed by atoms with Crippen molar-refractivity contribution in [3.8, 4) is 5.75 Å². The zero-order valence-electron chi connectivity index (χ0n) is 16.3. The molecule has 5 nitrogen and oxygen atoms in total. The lowest BCUT2D eigenvalue weighted by atomic mass is 9.63. The Morgan fingerprint density at radius 1 is 1.00 bits per heavy atom. The Morgan fingerprint density at radius 3 is 2.30 bits per heavy atom. The fourth-order valence-electron chi connectivity index (χ4n) is 4.73. The van der Waals surface area contributed by atoms with E-state index in [1.165, 1.54) is 0 Å². The topological polar surface area (TPSA) is 59.0 Å². The Morgan fingerprint density at radius 2 is 1.67 bits per heavy atom. The standard InChI is InChI=1S/C24H21BrN2O3/c25-19-10-4-15(5-11-19)14-30-20-3-1-2-16(12-20)13-26-27-23(28)21-17-6-7-18(9-8-17)22(21)24(27)29/h1-7,10-13,17-18,21-22H,8-9,14H2/b26-13-/t17-,18-,21-,22-/m1/s1. The number of imide groups is 1. The number of hydrogen-bond acceptors (Lipinski definition) is 4. The lowest BCUT2D eigenvalue weighted by Crippen LogP contribution is -2.38. The largest absolute Gasteiger partial charge is 0.489 e. The molecule has 0 aromatic heterocycles. The molecule has 6 rings (SSSR count). The molecule has 3 aliphatic carbocycles. The molecule has 0 unspecified atom stereocenters. The summed E-state index contributed by atoms with van der Waals surface area (Å²) in [6.07, 6.45) is 7.75. The monoisotopic (exact) mass is 464 g/mol. The van der Waals surface area contributed by atoms with E-state index in [2.05, 4.69) is 33.2 Å². The smallest absolute Gasteiger partial charge is 0.254 e. The van der Waals surface area contributed by atoms with Crippen LogP contribution in [0.5, 0.6) is 5.75 Å². The molecule has 4 aliphatic rings. The molecule has 0 spiro atoms. The number of hydrazone groups is 1. The van der Waals surface area contributed by atoms with E-state index in [4.69, 9.17) is 4.74 Å². The second-order valence-corrected chi connectivity index (χ2v) is 8.98. The molecule has 0 radical (unpaired) electrons. The molecule has 2 aromatic rings. The van der Waals surface area contributed by atoms with Gasteiger partial charge in [-0.15, -0.1) is 0 Å². The average Bonchev–Trinajstić information content (AvgIpc) is 3.05. The van der Waals surface area contributed by atoms with E-state index < -0.39 is 0 Å². The maximum absolute atomic E-state index is 12.8. The summed E-state index contributed by atoms with van der Waals surface area (Å²) in [5.41, 5.74) is 1.84. The number of rotatable bonds is 5. The molecule has 6 heteroatoms. The van der Waals surface area contributed by atoms with Gasteiger partial charge in [0.1, 0.15) is 12.4 Å². The molecule has 152 valence electrons. The van der Waals surface area contributed by atoms with Gasteiger partial charge in [0.2, 0.25) is 0 Å². The molecule has 0 N–H and O–H groups in total. The summed E-state index contributed by atoms with van der Waals surface area (Å²) in [6, 6.07) is 15.4. The summed E-state index contributed by atoms with van der Waals surface area (Å²) < 4.78 is 6.89. The summed E-state index contributed by atoms with van der Waals surface area (Å²) in [4.78, 5) is 25.7. The van der Waals surface area contributed by atoms with Crippen LogP contribution in [0, 0.1) is 23.7 Å². The minimum Gasteiger partial charge on any atom is -0.489 e. The van der Waals surface area contributed by atoms with Crippen molar-refractivity contribution in [3.63, 3.8) is 0 Å². The van der Waals surface area contributed by atoms with Crippen LogP contribution < -0.4 is 4.74 Å². The van der Waals surface area contributed by atoms with Gasteiger partial charge in [0.05, 0.1) is 18.1 Å². The zero-order valence-corrected chi connectivity index (χ0v) is 17.9. The number of carbonyl (C=O) groups is 2. The van der Waals surface area contributed by atoms with E-state index in [1.807, 2.05) is 48.5 Å². The minimum absolute atomic E-state index is 0.164. The molecule has 1 saturated carbocycles. The van der Waals surface area contributed by atoms with Crippen LogP contribution in [-0.4, -0.2) is 23.0 Å². The van der Waals surface area contributed by atoms with Gasteiger partial charge in [0.15, 0.2) is 0 Å². The molecule has 1 heterocycles. The number of nitrogens with zero attached hydrogens (tertiary/aromatic N) is 2. The van der Waals surface area contributed by atoms with Gasteiger partial charge in [-0.3, -0.25) is 9.59 Å². The Balaban J connectivity index is 1.28. The van der Waals surface area contributed by atoms with Crippen molar-refractivity contribution in [2.24, 2.45) is 28.8 Å². The van der Waals surface area contributed by atoms with Crippen molar-refractivity contribution in [1.29, 1.82) is 0 Å². The first-order valence-corrected chi connectivity index (χ1v) is 11.0. The van der Waals surface area contributed by atoms with E-state index >= 15 is 0 Å². The lowest BCUT2D eigenvalue weighted by molar-refractivity contribution is -0.140. The molecular formula is C24H21BrN2O3. The molecule has 4 atom stereocenters. The number of benzene rings is 2. The lowest BCUT2D eigenvalue weighted by Gasteiger charge is -2.37. The number of amides is 2. The van der Waals surface area contributed by atoms with Gasteiger partial charge < -0.3 is 4.74 Å². The number of hydrogen-bond donors (Lipinski definition) is 0. The van der Waals surface area contributed by atoms with E-state index in [0.717, 1.165) is 33.5 Å². The number of fused-ring (bicyclic) bond motifs is 1. The third-order valence-corrected chi connectivity index (χ3v) is 6.76. The quantitative estimate of drug-likeness (QED) is 0.370. The zero-order chi connectivity index (χ0) is 20.7. The van der Waals surface area contributed by atoms with Crippen LogP contribution in [0.25, 0.3) is 0 Å². The van der Waals surface area contributed by atoms with Crippen LogP contribution in [-0.2, 0) is 16.2 Å². The van der Waals surface area contributed by atoms with Gasteiger partial charge >= 0.3 is 0 Å². The predicted octanol–water partition coefficient (Wildman–Crippen LogP) is 4.56. The highest BCUT2D eigenvalue weighted by Crippen LogP contribution is 2.49. The first-order valence-electron chi connectivity index (χ1n) is 10.2. The van der Waals surface area contributed by atoms with E-state index in [-0.39, 0.29) is 35.5 Å². The molecule has 30 heavy (non-hydrogen) atoms. The highest BCUT2D eigenvalue weighted by atomic mass is 79.9. The summed E-state index contributed by atoms with van der Waals surface area (Å²) in [5.74, 6) is 0.250. The van der Waals surface area contributed by atoms with Crippen LogP contribution in [0.1, 0.15) is 24.0 Å². The molecule has 2 fully saturated rings. The SMILES string of the molecule is O=C1[C@H]2[C@H](C(=O)N1/N=C\c1cccc(OCc3ccc(Br)cc3)c1)[C@@H]1C=C[C@@H]2CC1. The minimum atomic E-state index is -0.237. The normalized spacial score (nSPS) is 27.2. The van der Waals surface area contributed by atoms with Crippen molar-refractivity contribution >= 4 is 34.0 Å². The maximum Gasteiger partial charge on any atom is 0.254 e. The number of allylic oxidation sites excluding steroid dienone is 2. The van der Waals surface area contributed by atoms with Crippen molar-refractivity contribution in [2.45, 2.75) is 19.4 Å². The second kappa shape index (κ2) is 7.84. The molecule has 1 aliphatic heterocycles. The van der Waals surface area contributed by atoms with Gasteiger partial charge in [0.25, 0.3) is 11.8 Å². The van der Waals surface area contributed by atoms with Crippen LogP contribution in [0.2, 0.25) is 0 Å². The molecule has 2 aromatic carbocycles. The highest BCUT2D eigenvalue weighted by molar-refractivity contribution is 9.10. The number of carbonyl (C=O) groups excluding carboxylic acids is 2. The third kappa shape index (κ3) is 3.49. The Labute approximate surface area is 183 Å². The second-order valence-electron chi connectivity index (χ2n) is 8.06. The number of halogens is 1. The Bertz CT molecular complexity index is 1010. The van der Waals surface area contributed by atoms with Crippen LogP contribution in [0.15, 0.2) is 70.3 Å². The molecular weight excluding hydrogens is 444 g/mol. The van der Waals surface area contributed by atoms with E-state index in [9.17, 15) is 9.59 Å². The summed E-state index contributed by atoms with van der Waals surface area (Å²) in [5, 5.41) is 5.35. The first-order chi connectivity index (χ1) is 14.6. The van der Waals surface area contributed by atoms with Gasteiger partial charge in [-0.25, -0.2) is 0 Å². The van der Waals surface area contributed by atoms with Crippen molar-refractivity contribution in [3.05, 3.63) is 76.3 Å². The average molecular weight is 465 g/mol. The molecule has 1 saturated heterocycles. The van der Waals surface area contributed by atoms with Crippen LogP contribution in [0.4, 0.5) is 0 Å². The third-order valence-electron chi connectivity index (χ3n) is 6.24. The molecule has 2 amide bonds. The van der Waals surface area contributed by atoms with Gasteiger partial charge in [-0.1, -0.05) is 52.3 Å². The van der Waals surface area contributed by atoms with Crippen LogP contribution in [0.3, 0.4) is 0 Å². The van der Waals surface area contributed by atoms with Crippen molar-refractivity contribution in [1.82, 2.24) is 5.01 Å². The Hall–Kier alpha value is -2.73.